The van der Waals surface area contributed by atoms with Gasteiger partial charge in [0, 0.05) is 33.4 Å². The number of amides is 1. The summed E-state index contributed by atoms with van der Waals surface area (Å²) in [6.45, 7) is 3.07. The van der Waals surface area contributed by atoms with Crippen LogP contribution in [0.25, 0.3) is 0 Å². The number of hydrogen-bond donors (Lipinski definition) is 1. The topological polar surface area (TPSA) is 53.3 Å². The quantitative estimate of drug-likeness (QED) is 0.845. The highest BCUT2D eigenvalue weighted by molar-refractivity contribution is 5.76. The zero-order chi connectivity index (χ0) is 16.8. The minimum atomic E-state index is 0.111. The fourth-order valence-corrected chi connectivity index (χ4v) is 2.36. The number of carbonyl (C=O) groups excluding carboxylic acids is 1. The van der Waals surface area contributed by atoms with Gasteiger partial charge in [0.2, 0.25) is 0 Å². The molecular weight excluding hydrogens is 290 g/mol. The summed E-state index contributed by atoms with van der Waals surface area (Å²) >= 11 is 0. The van der Waals surface area contributed by atoms with E-state index >= 15 is 0 Å². The number of furan rings is 1. The van der Waals surface area contributed by atoms with Crippen LogP contribution in [0.4, 0.5) is 5.69 Å². The van der Waals surface area contributed by atoms with E-state index in [4.69, 9.17) is 4.42 Å². The van der Waals surface area contributed by atoms with Gasteiger partial charge >= 0.3 is 0 Å². The molecule has 1 heterocycles. The van der Waals surface area contributed by atoms with Gasteiger partial charge in [-0.05, 0) is 36.8 Å². The Morgan fingerprint density at radius 3 is 2.43 bits per heavy atom. The Kier molecular flexibility index (Phi) is 5.82. The SMILES string of the molecule is C[C@@H]([NH2+]CC(=O)N(C)Cc1ccc(N(C)C)cc1)c1ccco1. The maximum Gasteiger partial charge on any atom is 0.277 e. The van der Waals surface area contributed by atoms with Gasteiger partial charge in [-0.1, -0.05) is 12.1 Å². The van der Waals surface area contributed by atoms with Gasteiger partial charge in [-0.3, -0.25) is 4.79 Å². The Bertz CT molecular complexity index is 606. The van der Waals surface area contributed by atoms with Crippen molar-refractivity contribution in [2.75, 3.05) is 32.6 Å². The van der Waals surface area contributed by atoms with Crippen LogP contribution < -0.4 is 10.2 Å². The van der Waals surface area contributed by atoms with E-state index in [1.54, 1.807) is 11.2 Å². The number of carbonyl (C=O) groups is 1. The number of anilines is 1. The molecule has 23 heavy (non-hydrogen) atoms. The lowest BCUT2D eigenvalue weighted by Crippen LogP contribution is -2.86. The van der Waals surface area contributed by atoms with Gasteiger partial charge in [-0.15, -0.1) is 0 Å². The van der Waals surface area contributed by atoms with E-state index in [-0.39, 0.29) is 11.9 Å². The third-order valence-corrected chi connectivity index (χ3v) is 3.94. The second-order valence-corrected chi connectivity index (χ2v) is 6.05. The molecule has 1 atom stereocenters. The molecule has 1 aromatic heterocycles. The average Bonchev–Trinajstić information content (AvgIpc) is 3.07. The Hall–Kier alpha value is -2.27. The molecule has 2 N–H and O–H groups in total. The van der Waals surface area contributed by atoms with Gasteiger partial charge in [-0.2, -0.15) is 0 Å². The Morgan fingerprint density at radius 1 is 1.17 bits per heavy atom. The molecule has 5 nitrogen and oxygen atoms in total. The highest BCUT2D eigenvalue weighted by Gasteiger charge is 2.16. The minimum Gasteiger partial charge on any atom is -0.463 e. The molecule has 0 aliphatic heterocycles. The van der Waals surface area contributed by atoms with Crippen LogP contribution in [-0.2, 0) is 11.3 Å². The maximum absolute atomic E-state index is 12.3. The van der Waals surface area contributed by atoms with E-state index in [0.717, 1.165) is 17.0 Å². The molecule has 0 bridgehead atoms. The number of quaternary nitrogens is 1. The number of rotatable bonds is 7. The van der Waals surface area contributed by atoms with Crippen molar-refractivity contribution in [2.24, 2.45) is 0 Å². The molecule has 0 saturated heterocycles. The molecule has 0 unspecified atom stereocenters. The predicted octanol–water partition coefficient (Wildman–Crippen LogP) is 1.63. The Balaban J connectivity index is 1.82. The Morgan fingerprint density at radius 2 is 1.87 bits per heavy atom. The molecular formula is C18H26N3O2+. The molecule has 5 heteroatoms. The molecule has 0 aliphatic carbocycles. The first-order valence-electron chi connectivity index (χ1n) is 7.84. The smallest absolute Gasteiger partial charge is 0.277 e. The summed E-state index contributed by atoms with van der Waals surface area (Å²) in [5, 5.41) is 1.99. The molecule has 124 valence electrons. The third kappa shape index (κ3) is 4.86. The van der Waals surface area contributed by atoms with Crippen LogP contribution in [-0.4, -0.2) is 38.5 Å². The first-order chi connectivity index (χ1) is 11.0. The lowest BCUT2D eigenvalue weighted by atomic mass is 10.2. The summed E-state index contributed by atoms with van der Waals surface area (Å²) in [5.74, 6) is 1.000. The van der Waals surface area contributed by atoms with E-state index in [1.165, 1.54) is 0 Å². The highest BCUT2D eigenvalue weighted by atomic mass is 16.3. The van der Waals surface area contributed by atoms with E-state index in [1.807, 2.05) is 45.5 Å². The second kappa shape index (κ2) is 7.83. The van der Waals surface area contributed by atoms with Gasteiger partial charge in [0.25, 0.3) is 5.91 Å². The van der Waals surface area contributed by atoms with Crippen LogP contribution in [0.1, 0.15) is 24.3 Å². The van der Waals surface area contributed by atoms with Crippen molar-refractivity contribution >= 4 is 11.6 Å². The lowest BCUT2D eigenvalue weighted by molar-refractivity contribution is -0.685. The van der Waals surface area contributed by atoms with E-state index < -0.39 is 0 Å². The number of hydrogen-bond acceptors (Lipinski definition) is 3. The molecule has 2 rings (SSSR count). The maximum atomic E-state index is 12.3. The molecule has 0 radical (unpaired) electrons. The number of nitrogens with two attached hydrogens (primary N) is 1. The largest absolute Gasteiger partial charge is 0.463 e. The van der Waals surface area contributed by atoms with Crippen LogP contribution in [0.5, 0.6) is 0 Å². The van der Waals surface area contributed by atoms with E-state index in [0.29, 0.717) is 13.1 Å². The standard InChI is InChI=1S/C18H25N3O2/c1-14(17-6-5-11-23-17)19-12-18(22)21(4)13-15-7-9-16(10-8-15)20(2)3/h5-11,14,19H,12-13H2,1-4H3/p+1/t14-/m1/s1. The summed E-state index contributed by atoms with van der Waals surface area (Å²) in [6.07, 6.45) is 1.66. The van der Waals surface area contributed by atoms with Crippen molar-refractivity contribution in [2.45, 2.75) is 19.5 Å². The van der Waals surface area contributed by atoms with Crippen LogP contribution in [0.3, 0.4) is 0 Å². The fraction of sp³-hybridized carbons (Fsp3) is 0.389. The summed E-state index contributed by atoms with van der Waals surface area (Å²) in [6, 6.07) is 12.2. The number of likely N-dealkylation sites (N-methyl/N-ethyl adjacent to an activating group) is 1. The summed E-state index contributed by atoms with van der Waals surface area (Å²) in [7, 11) is 5.87. The van der Waals surface area contributed by atoms with Crippen molar-refractivity contribution in [3.63, 3.8) is 0 Å². The zero-order valence-electron chi connectivity index (χ0n) is 14.3. The fourth-order valence-electron chi connectivity index (χ4n) is 2.36. The number of benzene rings is 1. The van der Waals surface area contributed by atoms with Crippen molar-refractivity contribution in [3.8, 4) is 0 Å². The van der Waals surface area contributed by atoms with Crippen molar-refractivity contribution in [3.05, 3.63) is 54.0 Å². The second-order valence-electron chi connectivity index (χ2n) is 6.05. The molecule has 1 amide bonds. The van der Waals surface area contributed by atoms with Crippen LogP contribution in [0.2, 0.25) is 0 Å². The monoisotopic (exact) mass is 316 g/mol. The lowest BCUT2D eigenvalue weighted by Gasteiger charge is -2.18. The van der Waals surface area contributed by atoms with E-state index in [2.05, 4.69) is 29.2 Å². The van der Waals surface area contributed by atoms with E-state index in [9.17, 15) is 4.79 Å². The highest BCUT2D eigenvalue weighted by Crippen LogP contribution is 2.13. The predicted molar refractivity (Wildman–Crippen MR) is 91.2 cm³/mol. The molecule has 0 spiro atoms. The molecule has 0 saturated carbocycles. The summed E-state index contributed by atoms with van der Waals surface area (Å²) in [5.41, 5.74) is 2.29. The Labute approximate surface area is 137 Å². The van der Waals surface area contributed by atoms with Gasteiger partial charge in [0.15, 0.2) is 12.3 Å². The summed E-state index contributed by atoms with van der Waals surface area (Å²) < 4.78 is 5.35. The summed E-state index contributed by atoms with van der Waals surface area (Å²) in [4.78, 5) is 16.1. The first-order valence-corrected chi connectivity index (χ1v) is 7.84. The third-order valence-electron chi connectivity index (χ3n) is 3.94. The van der Waals surface area contributed by atoms with Gasteiger partial charge in [-0.25, -0.2) is 0 Å². The van der Waals surface area contributed by atoms with Crippen molar-refractivity contribution < 1.29 is 14.5 Å². The van der Waals surface area contributed by atoms with Gasteiger partial charge in [0.05, 0.1) is 6.26 Å². The van der Waals surface area contributed by atoms with Crippen molar-refractivity contribution in [1.82, 2.24) is 4.90 Å². The molecule has 2 aromatic rings. The normalized spacial score (nSPS) is 12.0. The average molecular weight is 316 g/mol. The van der Waals surface area contributed by atoms with Gasteiger partial charge < -0.3 is 19.5 Å². The minimum absolute atomic E-state index is 0.111. The molecule has 1 aromatic carbocycles. The first kappa shape index (κ1) is 17.1. The van der Waals surface area contributed by atoms with Crippen LogP contribution >= 0.6 is 0 Å². The molecule has 0 fully saturated rings. The number of nitrogens with zero attached hydrogens (tertiary/aromatic N) is 2. The van der Waals surface area contributed by atoms with Gasteiger partial charge in [0.1, 0.15) is 6.04 Å². The van der Waals surface area contributed by atoms with Crippen molar-refractivity contribution in [1.29, 1.82) is 0 Å². The van der Waals surface area contributed by atoms with Crippen LogP contribution in [0, 0.1) is 0 Å². The molecule has 0 aliphatic rings. The van der Waals surface area contributed by atoms with Crippen LogP contribution in [0.15, 0.2) is 47.1 Å². The zero-order valence-corrected chi connectivity index (χ0v) is 14.3.